The van der Waals surface area contributed by atoms with Gasteiger partial charge < -0.3 is 10.1 Å². The molecule has 1 atom stereocenters. The normalized spacial score (nSPS) is 12.6. The van der Waals surface area contributed by atoms with E-state index >= 15 is 0 Å². The van der Waals surface area contributed by atoms with Gasteiger partial charge in [-0.3, -0.25) is 0 Å². The molecule has 2 rings (SSSR count). The molecule has 1 aromatic heterocycles. The molecule has 0 aliphatic heterocycles. The summed E-state index contributed by atoms with van der Waals surface area (Å²) < 4.78 is 18.2. The summed E-state index contributed by atoms with van der Waals surface area (Å²) in [7, 11) is 1.68. The van der Waals surface area contributed by atoms with Crippen LogP contribution in [0.2, 0.25) is 0 Å². The van der Waals surface area contributed by atoms with Gasteiger partial charge in [-0.15, -0.1) is 11.3 Å². The predicted octanol–water partition coefficient (Wildman–Crippen LogP) is 3.48. The Balaban J connectivity index is 2.27. The Morgan fingerprint density at radius 2 is 2.05 bits per heavy atom. The lowest BCUT2D eigenvalue weighted by molar-refractivity contribution is 0.197. The van der Waals surface area contributed by atoms with Crippen LogP contribution in [-0.2, 0) is 11.2 Å². The van der Waals surface area contributed by atoms with Crippen LogP contribution in [0.25, 0.3) is 0 Å². The number of hydrogen-bond donors (Lipinski definition) is 1. The van der Waals surface area contributed by atoms with Gasteiger partial charge in [0.25, 0.3) is 0 Å². The van der Waals surface area contributed by atoms with E-state index in [-0.39, 0.29) is 11.9 Å². The van der Waals surface area contributed by atoms with Crippen LogP contribution in [0.15, 0.2) is 24.3 Å². The molecule has 0 spiro atoms. The third kappa shape index (κ3) is 4.09. The molecule has 1 unspecified atom stereocenters. The summed E-state index contributed by atoms with van der Waals surface area (Å²) in [6, 6.07) is 6.57. The molecular weight excluding hydrogens is 287 g/mol. The van der Waals surface area contributed by atoms with Crippen molar-refractivity contribution in [3.63, 3.8) is 0 Å². The first kappa shape index (κ1) is 16.1. The second-order valence-electron chi connectivity index (χ2n) is 4.84. The van der Waals surface area contributed by atoms with Gasteiger partial charge in [0, 0.05) is 18.5 Å². The highest BCUT2D eigenvalue weighted by Crippen LogP contribution is 2.28. The van der Waals surface area contributed by atoms with E-state index in [1.165, 1.54) is 17.0 Å². The second kappa shape index (κ2) is 7.64. The average molecular weight is 308 g/mol. The Labute approximate surface area is 129 Å². The summed E-state index contributed by atoms with van der Waals surface area (Å²) in [5.74, 6) is -0.223. The van der Waals surface area contributed by atoms with E-state index < -0.39 is 0 Å². The van der Waals surface area contributed by atoms with Gasteiger partial charge in [-0.25, -0.2) is 9.37 Å². The summed E-state index contributed by atoms with van der Waals surface area (Å²) in [5.41, 5.74) is 2.15. The Morgan fingerprint density at radius 1 is 1.33 bits per heavy atom. The van der Waals surface area contributed by atoms with Crippen molar-refractivity contribution in [1.82, 2.24) is 10.3 Å². The third-order valence-electron chi connectivity index (χ3n) is 3.35. The molecule has 3 nitrogen and oxygen atoms in total. The lowest BCUT2D eigenvalue weighted by Crippen LogP contribution is -2.26. The van der Waals surface area contributed by atoms with E-state index in [2.05, 4.69) is 19.2 Å². The fourth-order valence-corrected chi connectivity index (χ4v) is 3.32. The van der Waals surface area contributed by atoms with Gasteiger partial charge in [0.1, 0.15) is 10.8 Å². The maximum absolute atomic E-state index is 13.1. The number of benzene rings is 1. The maximum atomic E-state index is 13.1. The van der Waals surface area contributed by atoms with Gasteiger partial charge in [0.15, 0.2) is 0 Å². The molecule has 2 aromatic rings. The van der Waals surface area contributed by atoms with E-state index in [1.54, 1.807) is 18.4 Å². The first-order valence-corrected chi connectivity index (χ1v) is 7.91. The van der Waals surface area contributed by atoms with Crippen LogP contribution in [0, 0.1) is 12.7 Å². The summed E-state index contributed by atoms with van der Waals surface area (Å²) >= 11 is 1.70. The van der Waals surface area contributed by atoms with Crippen LogP contribution < -0.4 is 5.32 Å². The Morgan fingerprint density at radius 3 is 2.62 bits per heavy atom. The van der Waals surface area contributed by atoms with E-state index in [1.807, 2.05) is 12.1 Å². The number of rotatable bonds is 7. The summed E-state index contributed by atoms with van der Waals surface area (Å²) in [5, 5.41) is 4.46. The standard InChI is InChI=1S/C16H21FN2OS/c1-4-14-11(2)21-16(19-14)15(18-9-10-20-3)12-5-7-13(17)8-6-12/h5-8,15,18H,4,9-10H2,1-3H3. The quantitative estimate of drug-likeness (QED) is 0.795. The molecule has 5 heteroatoms. The van der Waals surface area contributed by atoms with Gasteiger partial charge in [0.2, 0.25) is 0 Å². The minimum absolute atomic E-state index is 0.0234. The number of nitrogens with zero attached hydrogens (tertiary/aromatic N) is 1. The van der Waals surface area contributed by atoms with Crippen LogP contribution in [0.1, 0.15) is 34.1 Å². The van der Waals surface area contributed by atoms with Crippen molar-refractivity contribution in [2.45, 2.75) is 26.3 Å². The van der Waals surface area contributed by atoms with Crippen molar-refractivity contribution in [3.05, 3.63) is 51.2 Å². The molecule has 0 bridgehead atoms. The number of nitrogens with one attached hydrogen (secondary N) is 1. The molecule has 0 fully saturated rings. The van der Waals surface area contributed by atoms with Gasteiger partial charge in [-0.05, 0) is 31.0 Å². The maximum Gasteiger partial charge on any atom is 0.123 e. The van der Waals surface area contributed by atoms with Crippen molar-refractivity contribution in [3.8, 4) is 0 Å². The number of halogens is 1. The number of aryl methyl sites for hydroxylation is 2. The monoisotopic (exact) mass is 308 g/mol. The van der Waals surface area contributed by atoms with Crippen molar-refractivity contribution in [1.29, 1.82) is 0 Å². The molecule has 0 radical (unpaired) electrons. The van der Waals surface area contributed by atoms with Crippen molar-refractivity contribution >= 4 is 11.3 Å². The van der Waals surface area contributed by atoms with Gasteiger partial charge in [0.05, 0.1) is 18.3 Å². The number of ether oxygens (including phenoxy) is 1. The summed E-state index contributed by atoms with van der Waals surface area (Å²) in [4.78, 5) is 5.97. The van der Waals surface area contributed by atoms with Crippen LogP contribution in [-0.4, -0.2) is 25.2 Å². The fourth-order valence-electron chi connectivity index (χ4n) is 2.21. The molecule has 1 aromatic carbocycles. The minimum atomic E-state index is -0.223. The zero-order valence-electron chi connectivity index (χ0n) is 12.6. The Hall–Kier alpha value is -1.30. The van der Waals surface area contributed by atoms with E-state index in [4.69, 9.17) is 9.72 Å². The van der Waals surface area contributed by atoms with Crippen molar-refractivity contribution < 1.29 is 9.13 Å². The van der Waals surface area contributed by atoms with Crippen molar-refractivity contribution in [2.75, 3.05) is 20.3 Å². The van der Waals surface area contributed by atoms with Crippen molar-refractivity contribution in [2.24, 2.45) is 0 Å². The summed E-state index contributed by atoms with van der Waals surface area (Å²) in [6.45, 7) is 5.55. The molecule has 1 heterocycles. The van der Waals surface area contributed by atoms with Crippen LogP contribution in [0.3, 0.4) is 0 Å². The molecular formula is C16H21FN2OS. The molecule has 0 amide bonds. The first-order valence-electron chi connectivity index (χ1n) is 7.09. The number of methoxy groups -OCH3 is 1. The topological polar surface area (TPSA) is 34.2 Å². The number of hydrogen-bond acceptors (Lipinski definition) is 4. The van der Waals surface area contributed by atoms with E-state index in [0.29, 0.717) is 6.61 Å². The highest BCUT2D eigenvalue weighted by molar-refractivity contribution is 7.11. The zero-order chi connectivity index (χ0) is 15.2. The Bertz CT molecular complexity index is 568. The Kier molecular flexibility index (Phi) is 5.85. The van der Waals surface area contributed by atoms with Crippen LogP contribution in [0.4, 0.5) is 4.39 Å². The second-order valence-corrected chi connectivity index (χ2v) is 6.07. The lowest BCUT2D eigenvalue weighted by atomic mass is 10.1. The van der Waals surface area contributed by atoms with E-state index in [0.717, 1.165) is 29.2 Å². The number of thiazole rings is 1. The predicted molar refractivity (Wildman–Crippen MR) is 84.4 cm³/mol. The molecule has 0 aliphatic rings. The smallest absolute Gasteiger partial charge is 0.123 e. The van der Waals surface area contributed by atoms with E-state index in [9.17, 15) is 4.39 Å². The van der Waals surface area contributed by atoms with Gasteiger partial charge in [-0.1, -0.05) is 19.1 Å². The molecule has 114 valence electrons. The van der Waals surface area contributed by atoms with Gasteiger partial charge >= 0.3 is 0 Å². The fraction of sp³-hybridized carbons (Fsp3) is 0.438. The highest BCUT2D eigenvalue weighted by Gasteiger charge is 2.18. The molecule has 0 saturated heterocycles. The lowest BCUT2D eigenvalue weighted by Gasteiger charge is -2.17. The number of aromatic nitrogens is 1. The molecule has 0 saturated carbocycles. The first-order chi connectivity index (χ1) is 10.2. The molecule has 21 heavy (non-hydrogen) atoms. The minimum Gasteiger partial charge on any atom is -0.383 e. The molecule has 1 N–H and O–H groups in total. The SMILES string of the molecule is CCc1nc(C(NCCOC)c2ccc(F)cc2)sc1C. The largest absolute Gasteiger partial charge is 0.383 e. The van der Waals surface area contributed by atoms with Crippen LogP contribution >= 0.6 is 11.3 Å². The summed E-state index contributed by atoms with van der Waals surface area (Å²) in [6.07, 6.45) is 0.927. The van der Waals surface area contributed by atoms with Crippen LogP contribution in [0.5, 0.6) is 0 Å². The van der Waals surface area contributed by atoms with Gasteiger partial charge in [-0.2, -0.15) is 0 Å². The molecule has 0 aliphatic carbocycles. The zero-order valence-corrected chi connectivity index (χ0v) is 13.5. The third-order valence-corrected chi connectivity index (χ3v) is 4.43. The average Bonchev–Trinajstić information content (AvgIpc) is 2.86. The highest BCUT2D eigenvalue weighted by atomic mass is 32.1.